The van der Waals surface area contributed by atoms with Crippen molar-refractivity contribution in [2.75, 3.05) is 13.1 Å². The van der Waals surface area contributed by atoms with E-state index in [4.69, 9.17) is 0 Å². The van der Waals surface area contributed by atoms with Crippen LogP contribution in [-0.2, 0) is 0 Å². The molecule has 98 valence electrons. The van der Waals surface area contributed by atoms with Crippen molar-refractivity contribution in [1.82, 2.24) is 19.9 Å². The second-order valence-corrected chi connectivity index (χ2v) is 4.55. The number of hydrogen-bond acceptors (Lipinski definition) is 4. The number of aliphatic hydroxyl groups is 1. The molecule has 0 radical (unpaired) electrons. The molecule has 0 saturated carbocycles. The highest BCUT2D eigenvalue weighted by Crippen LogP contribution is 2.12. The number of carbonyl (C=O) groups is 1. The highest BCUT2D eigenvalue weighted by molar-refractivity contribution is 5.92. The average Bonchev–Trinajstić information content (AvgIpc) is 3.08. The molecule has 0 unspecified atom stereocenters. The van der Waals surface area contributed by atoms with Crippen molar-refractivity contribution >= 4 is 5.91 Å². The van der Waals surface area contributed by atoms with Gasteiger partial charge in [-0.05, 0) is 18.6 Å². The second-order valence-electron chi connectivity index (χ2n) is 4.55. The van der Waals surface area contributed by atoms with Gasteiger partial charge in [-0.3, -0.25) is 4.79 Å². The summed E-state index contributed by atoms with van der Waals surface area (Å²) in [5.41, 5.74) is 1.11. The highest BCUT2D eigenvalue weighted by atomic mass is 16.3. The van der Waals surface area contributed by atoms with Gasteiger partial charge in [0.15, 0.2) is 5.69 Å². The van der Waals surface area contributed by atoms with E-state index in [1.807, 2.05) is 30.3 Å². The molecule has 1 aromatic heterocycles. The summed E-state index contributed by atoms with van der Waals surface area (Å²) in [5, 5.41) is 17.7. The van der Waals surface area contributed by atoms with Crippen molar-refractivity contribution in [3.8, 4) is 5.69 Å². The van der Waals surface area contributed by atoms with E-state index in [1.54, 1.807) is 4.90 Å². The maximum absolute atomic E-state index is 12.1. The fourth-order valence-corrected chi connectivity index (χ4v) is 2.14. The van der Waals surface area contributed by atoms with Crippen molar-refractivity contribution in [2.24, 2.45) is 0 Å². The molecule has 6 heteroatoms. The van der Waals surface area contributed by atoms with Crippen molar-refractivity contribution in [2.45, 2.75) is 12.5 Å². The van der Waals surface area contributed by atoms with Crippen molar-refractivity contribution in [3.63, 3.8) is 0 Å². The van der Waals surface area contributed by atoms with Crippen LogP contribution in [0.2, 0.25) is 0 Å². The third kappa shape index (κ3) is 2.34. The fourth-order valence-electron chi connectivity index (χ4n) is 2.14. The highest BCUT2D eigenvalue weighted by Gasteiger charge is 2.27. The Morgan fingerprint density at radius 2 is 2.11 bits per heavy atom. The standard InChI is InChI=1S/C13H14N4O2/c18-11-6-7-16(9-11)13(19)12-8-14-17(15-12)10-4-2-1-3-5-10/h1-5,8,11,18H,6-7,9H2/t11-/m0/s1. The average molecular weight is 258 g/mol. The number of benzene rings is 1. The van der Waals surface area contributed by atoms with Crippen LogP contribution in [0.5, 0.6) is 0 Å². The summed E-state index contributed by atoms with van der Waals surface area (Å²) in [5.74, 6) is -0.182. The molecule has 2 aromatic rings. The third-order valence-corrected chi connectivity index (χ3v) is 3.15. The van der Waals surface area contributed by atoms with Gasteiger partial charge in [-0.15, -0.1) is 5.10 Å². The minimum absolute atomic E-state index is 0.182. The molecular weight excluding hydrogens is 244 g/mol. The van der Waals surface area contributed by atoms with Crippen LogP contribution in [-0.4, -0.2) is 50.1 Å². The molecule has 1 amide bonds. The summed E-state index contributed by atoms with van der Waals surface area (Å²) >= 11 is 0. The molecule has 1 atom stereocenters. The van der Waals surface area contributed by atoms with E-state index < -0.39 is 6.10 Å². The molecule has 19 heavy (non-hydrogen) atoms. The normalized spacial score (nSPS) is 18.8. The Hall–Kier alpha value is -2.21. The number of aromatic nitrogens is 3. The molecule has 1 aliphatic rings. The van der Waals surface area contributed by atoms with E-state index in [2.05, 4.69) is 10.2 Å². The first-order chi connectivity index (χ1) is 9.24. The smallest absolute Gasteiger partial charge is 0.276 e. The van der Waals surface area contributed by atoms with Gasteiger partial charge in [0.1, 0.15) is 0 Å². The third-order valence-electron chi connectivity index (χ3n) is 3.15. The number of β-amino-alcohol motifs (C(OH)–C–C–N with tert-alkyl or cyclic N) is 1. The van der Waals surface area contributed by atoms with Gasteiger partial charge in [0.05, 0.1) is 18.0 Å². The lowest BCUT2D eigenvalue weighted by Gasteiger charge is -2.12. The van der Waals surface area contributed by atoms with Crippen LogP contribution >= 0.6 is 0 Å². The van der Waals surface area contributed by atoms with Gasteiger partial charge in [-0.1, -0.05) is 18.2 Å². The van der Waals surface area contributed by atoms with Gasteiger partial charge in [0, 0.05) is 13.1 Å². The van der Waals surface area contributed by atoms with Crippen molar-refractivity contribution in [3.05, 3.63) is 42.2 Å². The van der Waals surface area contributed by atoms with E-state index in [-0.39, 0.29) is 5.91 Å². The molecule has 1 N–H and O–H groups in total. The number of likely N-dealkylation sites (tertiary alicyclic amines) is 1. The van der Waals surface area contributed by atoms with E-state index in [0.717, 1.165) is 5.69 Å². The number of amides is 1. The molecule has 1 aromatic carbocycles. The van der Waals surface area contributed by atoms with Crippen LogP contribution in [0.1, 0.15) is 16.9 Å². The minimum atomic E-state index is -0.423. The molecule has 0 aliphatic carbocycles. The zero-order chi connectivity index (χ0) is 13.2. The zero-order valence-corrected chi connectivity index (χ0v) is 10.3. The van der Waals surface area contributed by atoms with Gasteiger partial charge in [0.25, 0.3) is 5.91 Å². The van der Waals surface area contributed by atoms with Crippen molar-refractivity contribution < 1.29 is 9.90 Å². The quantitative estimate of drug-likeness (QED) is 0.850. The van der Waals surface area contributed by atoms with Gasteiger partial charge in [0.2, 0.25) is 0 Å². The number of para-hydroxylation sites is 1. The van der Waals surface area contributed by atoms with Crippen LogP contribution in [0.15, 0.2) is 36.5 Å². The molecule has 0 spiro atoms. The van der Waals surface area contributed by atoms with Gasteiger partial charge in [-0.25, -0.2) is 0 Å². The summed E-state index contributed by atoms with van der Waals surface area (Å²) < 4.78 is 0. The Morgan fingerprint density at radius 1 is 1.32 bits per heavy atom. The molecular formula is C13H14N4O2. The first kappa shape index (κ1) is 11.9. The van der Waals surface area contributed by atoms with E-state index in [9.17, 15) is 9.90 Å². The Bertz CT molecular complexity index is 581. The predicted molar refractivity (Wildman–Crippen MR) is 67.9 cm³/mol. The lowest BCUT2D eigenvalue weighted by molar-refractivity contribution is 0.0759. The second kappa shape index (κ2) is 4.81. The van der Waals surface area contributed by atoms with E-state index >= 15 is 0 Å². The summed E-state index contributed by atoms with van der Waals surface area (Å²) in [6.07, 6.45) is 1.66. The first-order valence-corrected chi connectivity index (χ1v) is 6.19. The number of carbonyl (C=O) groups excluding carboxylic acids is 1. The predicted octanol–water partition coefficient (Wildman–Crippen LogP) is 0.474. The van der Waals surface area contributed by atoms with E-state index in [1.165, 1.54) is 11.0 Å². The van der Waals surface area contributed by atoms with Gasteiger partial charge >= 0.3 is 0 Å². The zero-order valence-electron chi connectivity index (χ0n) is 10.3. The SMILES string of the molecule is O=C(c1cnn(-c2ccccc2)n1)N1CC[C@H](O)C1. The molecule has 1 saturated heterocycles. The lowest BCUT2D eigenvalue weighted by Crippen LogP contribution is -2.29. The van der Waals surface area contributed by atoms with Crippen LogP contribution < -0.4 is 0 Å². The topological polar surface area (TPSA) is 71.2 Å². The van der Waals surface area contributed by atoms with Crippen LogP contribution in [0, 0.1) is 0 Å². The Morgan fingerprint density at radius 3 is 2.79 bits per heavy atom. The summed E-state index contributed by atoms with van der Waals surface area (Å²) in [6.45, 7) is 0.940. The molecule has 1 fully saturated rings. The van der Waals surface area contributed by atoms with Gasteiger partial charge in [-0.2, -0.15) is 9.90 Å². The number of nitrogens with zero attached hydrogens (tertiary/aromatic N) is 4. The van der Waals surface area contributed by atoms with Crippen LogP contribution in [0.25, 0.3) is 5.69 Å². The molecule has 6 nitrogen and oxygen atoms in total. The number of hydrogen-bond donors (Lipinski definition) is 1. The van der Waals surface area contributed by atoms with E-state index in [0.29, 0.717) is 25.2 Å². The summed E-state index contributed by atoms with van der Waals surface area (Å²) in [4.78, 5) is 15.2. The molecule has 0 bridgehead atoms. The Kier molecular flexibility index (Phi) is 3.00. The molecule has 2 heterocycles. The molecule has 3 rings (SSSR count). The lowest BCUT2D eigenvalue weighted by atomic mass is 10.3. The molecule has 1 aliphatic heterocycles. The monoisotopic (exact) mass is 258 g/mol. The number of aliphatic hydroxyl groups excluding tert-OH is 1. The fraction of sp³-hybridized carbons (Fsp3) is 0.308. The summed E-state index contributed by atoms with van der Waals surface area (Å²) in [7, 11) is 0. The maximum atomic E-state index is 12.1. The maximum Gasteiger partial charge on any atom is 0.276 e. The van der Waals surface area contributed by atoms with Crippen LogP contribution in [0.3, 0.4) is 0 Å². The largest absolute Gasteiger partial charge is 0.391 e. The van der Waals surface area contributed by atoms with Gasteiger partial charge < -0.3 is 10.0 Å². The number of rotatable bonds is 2. The summed E-state index contributed by atoms with van der Waals surface area (Å²) in [6, 6.07) is 9.42. The Balaban J connectivity index is 1.80. The first-order valence-electron chi connectivity index (χ1n) is 6.19. The van der Waals surface area contributed by atoms with Crippen molar-refractivity contribution in [1.29, 1.82) is 0 Å². The minimum Gasteiger partial charge on any atom is -0.391 e. The Labute approximate surface area is 110 Å². The van der Waals surface area contributed by atoms with Crippen LogP contribution in [0.4, 0.5) is 0 Å².